The molecule has 1 aromatic heterocycles. The molecule has 1 aromatic carbocycles. The number of amides is 3. The average molecular weight is 549 g/mol. The molecule has 0 fully saturated rings. The van der Waals surface area contributed by atoms with Crippen LogP contribution in [0.4, 0.5) is 28.0 Å². The molecule has 34 heavy (non-hydrogen) atoms. The molecular weight excluding hydrogens is 528 g/mol. The number of fused-ring (bicyclic) bond motifs is 3. The van der Waals surface area contributed by atoms with E-state index in [2.05, 4.69) is 31.7 Å². The Kier molecular flexibility index (Phi) is 7.09. The van der Waals surface area contributed by atoms with Crippen molar-refractivity contribution in [3.8, 4) is 0 Å². The molecule has 3 amide bonds. The summed E-state index contributed by atoms with van der Waals surface area (Å²) in [5.41, 5.74) is 1.21. The number of benzene rings is 1. The molecule has 1 unspecified atom stereocenters. The van der Waals surface area contributed by atoms with Crippen LogP contribution >= 0.6 is 15.9 Å². The molecule has 1 atom stereocenters. The maximum Gasteiger partial charge on any atom is 0.322 e. The number of rotatable bonds is 5. The zero-order valence-electron chi connectivity index (χ0n) is 18.0. The largest absolute Gasteiger partial charge is 0.322 e. The molecule has 0 bridgehead atoms. The summed E-state index contributed by atoms with van der Waals surface area (Å²) >= 11 is 2.80. The van der Waals surface area contributed by atoms with Crippen molar-refractivity contribution in [1.82, 2.24) is 25.1 Å². The number of carbonyl (C=O) groups is 2. The second-order valence-electron chi connectivity index (χ2n) is 7.86. The molecule has 2 aromatic rings. The van der Waals surface area contributed by atoms with Gasteiger partial charge in [-0.15, -0.1) is 0 Å². The zero-order valence-corrected chi connectivity index (χ0v) is 19.5. The van der Waals surface area contributed by atoms with Crippen LogP contribution in [0.5, 0.6) is 0 Å². The molecule has 184 valence electrons. The molecule has 3 heterocycles. The number of halogens is 5. The van der Waals surface area contributed by atoms with Crippen molar-refractivity contribution in [3.63, 3.8) is 0 Å². The van der Waals surface area contributed by atoms with Crippen LogP contribution in [-0.2, 0) is 24.3 Å². The Morgan fingerprint density at radius 2 is 2.12 bits per heavy atom. The topological polar surface area (TPSA) is 91.7 Å². The number of hydrogen-bond donors (Lipinski definition) is 2. The summed E-state index contributed by atoms with van der Waals surface area (Å²) in [5.74, 6) is -2.22. The fourth-order valence-corrected chi connectivity index (χ4v) is 4.24. The van der Waals surface area contributed by atoms with Gasteiger partial charge in [0.2, 0.25) is 0 Å². The third-order valence-electron chi connectivity index (χ3n) is 5.51. The molecular formula is C20H21BrF4N6O3. The fourth-order valence-electron chi connectivity index (χ4n) is 3.89. The molecule has 0 spiro atoms. The number of alkyl halides is 2. The second-order valence-corrected chi connectivity index (χ2v) is 8.65. The molecule has 14 heteroatoms. The van der Waals surface area contributed by atoms with Gasteiger partial charge in [0.1, 0.15) is 17.6 Å². The molecule has 4 rings (SSSR count). The van der Waals surface area contributed by atoms with E-state index >= 15 is 0 Å². The SMILES string of the molecule is CN1OC(CNCC(F)F)Cn2nc3c(c2C1=O)CN(C(=O)Nc1ccc(F)c(Br)c1F)CC3. The van der Waals surface area contributed by atoms with E-state index in [1.807, 2.05) is 0 Å². The normalized spacial score (nSPS) is 18.1. The van der Waals surface area contributed by atoms with E-state index in [0.717, 1.165) is 17.2 Å². The third-order valence-corrected chi connectivity index (χ3v) is 6.24. The number of hydroxylamine groups is 2. The van der Waals surface area contributed by atoms with E-state index in [4.69, 9.17) is 4.84 Å². The van der Waals surface area contributed by atoms with E-state index in [1.54, 1.807) is 0 Å². The van der Waals surface area contributed by atoms with E-state index in [0.29, 0.717) is 17.7 Å². The molecule has 2 aliphatic rings. The Morgan fingerprint density at radius 3 is 2.85 bits per heavy atom. The molecule has 0 radical (unpaired) electrons. The van der Waals surface area contributed by atoms with Gasteiger partial charge in [0.15, 0.2) is 5.82 Å². The first-order valence-corrected chi connectivity index (χ1v) is 11.2. The maximum atomic E-state index is 14.3. The van der Waals surface area contributed by atoms with Gasteiger partial charge in [-0.25, -0.2) is 27.4 Å². The van der Waals surface area contributed by atoms with Crippen molar-refractivity contribution in [3.05, 3.63) is 45.2 Å². The lowest BCUT2D eigenvalue weighted by Crippen LogP contribution is -2.40. The first-order valence-electron chi connectivity index (χ1n) is 10.4. The van der Waals surface area contributed by atoms with Crippen molar-refractivity contribution in [1.29, 1.82) is 0 Å². The predicted molar refractivity (Wildman–Crippen MR) is 115 cm³/mol. The van der Waals surface area contributed by atoms with Crippen LogP contribution in [0.1, 0.15) is 21.7 Å². The van der Waals surface area contributed by atoms with Gasteiger partial charge in [-0.3, -0.25) is 14.3 Å². The number of aromatic nitrogens is 2. The Bertz CT molecular complexity index is 1110. The highest BCUT2D eigenvalue weighted by Gasteiger charge is 2.35. The Morgan fingerprint density at radius 1 is 1.35 bits per heavy atom. The number of carbonyl (C=O) groups excluding carboxylic acids is 2. The summed E-state index contributed by atoms with van der Waals surface area (Å²) in [6.45, 7) is 0.0255. The van der Waals surface area contributed by atoms with Crippen molar-refractivity contribution in [2.24, 2.45) is 0 Å². The summed E-state index contributed by atoms with van der Waals surface area (Å²) in [6, 6.07) is 1.52. The lowest BCUT2D eigenvalue weighted by Gasteiger charge is -2.27. The quantitative estimate of drug-likeness (QED) is 0.443. The standard InChI is InChI=1S/C20H21BrF4N6O3/c1-29-19(32)18-11-9-30(20(33)27-14-3-2-12(22)16(21)17(14)25)5-4-13(11)28-31(18)8-10(34-29)6-26-7-15(23)24/h2-3,10,15,26H,4-9H2,1H3,(H,27,33). The van der Waals surface area contributed by atoms with Gasteiger partial charge >= 0.3 is 6.03 Å². The zero-order chi connectivity index (χ0) is 24.6. The first kappa shape index (κ1) is 24.4. The number of nitrogens with one attached hydrogen (secondary N) is 2. The Balaban J connectivity index is 1.52. The minimum absolute atomic E-state index is 0.0361. The molecule has 0 aliphatic carbocycles. The lowest BCUT2D eigenvalue weighted by atomic mass is 10.1. The van der Waals surface area contributed by atoms with Crippen LogP contribution in [-0.4, -0.2) is 70.9 Å². The van der Waals surface area contributed by atoms with Crippen LogP contribution in [0, 0.1) is 11.6 Å². The summed E-state index contributed by atoms with van der Waals surface area (Å²) < 4.78 is 53.7. The van der Waals surface area contributed by atoms with Crippen LogP contribution in [0.3, 0.4) is 0 Å². The Hall–Kier alpha value is -2.71. The van der Waals surface area contributed by atoms with Crippen LogP contribution < -0.4 is 10.6 Å². The van der Waals surface area contributed by atoms with Crippen molar-refractivity contribution < 1.29 is 32.0 Å². The van der Waals surface area contributed by atoms with Crippen LogP contribution in [0.2, 0.25) is 0 Å². The van der Waals surface area contributed by atoms with Crippen LogP contribution in [0.25, 0.3) is 0 Å². The van der Waals surface area contributed by atoms with Gasteiger partial charge < -0.3 is 15.5 Å². The number of nitrogens with zero attached hydrogens (tertiary/aromatic N) is 4. The number of hydrogen-bond acceptors (Lipinski definition) is 5. The predicted octanol–water partition coefficient (Wildman–Crippen LogP) is 2.75. The summed E-state index contributed by atoms with van der Waals surface area (Å²) in [5, 5.41) is 10.5. The first-order chi connectivity index (χ1) is 16.2. The number of anilines is 1. The Labute approximate surface area is 200 Å². The summed E-state index contributed by atoms with van der Waals surface area (Å²) in [6.07, 6.45) is -2.78. The number of urea groups is 1. The highest BCUT2D eigenvalue weighted by Crippen LogP contribution is 2.28. The van der Waals surface area contributed by atoms with Gasteiger partial charge in [0.05, 0.1) is 35.5 Å². The molecule has 2 aliphatic heterocycles. The average Bonchev–Trinajstić information content (AvgIpc) is 3.09. The van der Waals surface area contributed by atoms with Gasteiger partial charge in [-0.1, -0.05) is 0 Å². The van der Waals surface area contributed by atoms with Gasteiger partial charge in [-0.05, 0) is 28.1 Å². The van der Waals surface area contributed by atoms with Crippen molar-refractivity contribution >= 4 is 33.6 Å². The molecule has 0 saturated carbocycles. The minimum atomic E-state index is -2.51. The monoisotopic (exact) mass is 548 g/mol. The highest BCUT2D eigenvalue weighted by atomic mass is 79.9. The van der Waals surface area contributed by atoms with Gasteiger partial charge in [-0.2, -0.15) is 5.10 Å². The lowest BCUT2D eigenvalue weighted by molar-refractivity contribution is -0.146. The highest BCUT2D eigenvalue weighted by molar-refractivity contribution is 9.10. The third kappa shape index (κ3) is 4.88. The van der Waals surface area contributed by atoms with Crippen LogP contribution in [0.15, 0.2) is 16.6 Å². The van der Waals surface area contributed by atoms with Gasteiger partial charge in [0, 0.05) is 32.1 Å². The van der Waals surface area contributed by atoms with Crippen molar-refractivity contribution in [2.75, 3.05) is 32.0 Å². The summed E-state index contributed by atoms with van der Waals surface area (Å²) in [7, 11) is 1.42. The molecule has 2 N–H and O–H groups in total. The smallest absolute Gasteiger partial charge is 0.320 e. The maximum absolute atomic E-state index is 14.3. The second kappa shape index (κ2) is 9.88. The fraction of sp³-hybridized carbons (Fsp3) is 0.450. The van der Waals surface area contributed by atoms with E-state index in [9.17, 15) is 27.2 Å². The van der Waals surface area contributed by atoms with Crippen molar-refractivity contribution in [2.45, 2.75) is 32.0 Å². The minimum Gasteiger partial charge on any atom is -0.320 e. The van der Waals surface area contributed by atoms with Gasteiger partial charge in [0.25, 0.3) is 12.3 Å². The van der Waals surface area contributed by atoms with E-state index in [-0.39, 0.29) is 42.0 Å². The molecule has 9 nitrogen and oxygen atoms in total. The van der Waals surface area contributed by atoms with E-state index < -0.39 is 42.6 Å². The molecule has 0 saturated heterocycles. The van der Waals surface area contributed by atoms with E-state index in [1.165, 1.54) is 16.6 Å². The summed E-state index contributed by atoms with van der Waals surface area (Å²) in [4.78, 5) is 32.7.